The van der Waals surface area contributed by atoms with Gasteiger partial charge in [-0.1, -0.05) is 95.9 Å². The van der Waals surface area contributed by atoms with Crippen molar-refractivity contribution in [2.45, 2.75) is 321 Å². The molecule has 10 rings (SSSR count). The molecule has 0 radical (unpaired) electrons. The van der Waals surface area contributed by atoms with Gasteiger partial charge in [-0.25, -0.2) is 9.59 Å². The van der Waals surface area contributed by atoms with Gasteiger partial charge < -0.3 is 52.1 Å². The van der Waals surface area contributed by atoms with E-state index in [0.717, 1.165) is 114 Å². The number of carbonyl (C=O) groups excluding carboxylic acids is 7. The quantitative estimate of drug-likeness (QED) is 0.0465. The van der Waals surface area contributed by atoms with Gasteiger partial charge in [0.15, 0.2) is 13.2 Å². The van der Waals surface area contributed by atoms with Crippen LogP contribution in [0.15, 0.2) is 0 Å². The Kier molecular flexibility index (Phi) is 31.0. The predicted octanol–water partition coefficient (Wildman–Crippen LogP) is 17.4. The van der Waals surface area contributed by atoms with Crippen molar-refractivity contribution in [1.29, 1.82) is 0 Å². The summed E-state index contributed by atoms with van der Waals surface area (Å²) in [5, 5.41) is 0. The summed E-state index contributed by atoms with van der Waals surface area (Å²) in [5.41, 5.74) is -5.00. The van der Waals surface area contributed by atoms with Crippen molar-refractivity contribution in [1.82, 2.24) is 0 Å². The summed E-state index contributed by atoms with van der Waals surface area (Å²) in [6.45, 7) is 41.8. The molecule has 18 heteroatoms. The van der Waals surface area contributed by atoms with Gasteiger partial charge in [-0.2, -0.15) is 0 Å². The van der Waals surface area contributed by atoms with E-state index in [4.69, 9.17) is 52.1 Å². The van der Waals surface area contributed by atoms with E-state index in [9.17, 15) is 33.6 Å². The largest absolute Gasteiger partial charge is 0.465 e. The molecular formula is C83H144O18. The second-order valence-corrected chi connectivity index (χ2v) is 37.4. The fraction of sp³-hybridized carbons (Fsp3) is 0.916. The second kappa shape index (κ2) is 35.7. The summed E-state index contributed by atoms with van der Waals surface area (Å²) in [5.74, 6) is 2.86. The standard InChI is InChI=1S/C23H38O5.C21H36O3.C20H36O5.C19H34O5/c1-7-21(2,3)20(25)27-13-19(24)28-23(22(4,5)14-26-6)17-9-15-8-16(11-17)12-18(23)10-15;1-7-19(2,3)18(22)24-21(20(4,5)13-23-6)16-9-14-8-15(11-16)12-17(21)10-14;1-7-18(2,3)17(22)24-14-11-16(21)25-20(12-9-8-10-13-20)19(4,5)15-23-6;1-7-17(2,3)16(21)23-13-15(20)24-19(11-9-8-10-12-19)18(4,5)14-22-6/h15-18H,7-14H2,1-6H3;14-17H,7-13H2,1-6H3;7-15H2,1-6H3;7-14H2,1-6H3. The molecule has 0 aliphatic heterocycles. The van der Waals surface area contributed by atoms with Crippen LogP contribution in [0.2, 0.25) is 0 Å². The average Bonchev–Trinajstić information content (AvgIpc) is 0.710. The molecule has 0 aromatic carbocycles. The number of carbonyl (C=O) groups is 7. The van der Waals surface area contributed by atoms with Gasteiger partial charge >= 0.3 is 41.8 Å². The van der Waals surface area contributed by atoms with Crippen molar-refractivity contribution in [3.63, 3.8) is 0 Å². The van der Waals surface area contributed by atoms with Crippen LogP contribution in [0.5, 0.6) is 0 Å². The maximum atomic E-state index is 13.1. The summed E-state index contributed by atoms with van der Waals surface area (Å²) >= 11 is 0. The van der Waals surface area contributed by atoms with Crippen molar-refractivity contribution in [2.75, 3.05) is 74.7 Å². The van der Waals surface area contributed by atoms with Crippen LogP contribution in [0.1, 0.15) is 299 Å². The van der Waals surface area contributed by atoms with Gasteiger partial charge in [0.25, 0.3) is 0 Å². The van der Waals surface area contributed by atoms with Gasteiger partial charge in [-0.3, -0.25) is 24.0 Å². The van der Waals surface area contributed by atoms with Crippen molar-refractivity contribution < 1.29 is 85.7 Å². The third-order valence-corrected chi connectivity index (χ3v) is 26.7. The van der Waals surface area contributed by atoms with Crippen LogP contribution in [0.3, 0.4) is 0 Å². The van der Waals surface area contributed by atoms with Gasteiger partial charge in [0.2, 0.25) is 0 Å². The van der Waals surface area contributed by atoms with E-state index >= 15 is 0 Å². The molecule has 0 unspecified atom stereocenters. The van der Waals surface area contributed by atoms with Crippen molar-refractivity contribution in [2.24, 2.45) is 90.7 Å². The van der Waals surface area contributed by atoms with E-state index < -0.39 is 50.4 Å². The lowest BCUT2D eigenvalue weighted by Crippen LogP contribution is -2.67. The minimum absolute atomic E-state index is 0.0124. The maximum absolute atomic E-state index is 13.1. The molecule has 0 aromatic heterocycles. The van der Waals surface area contributed by atoms with Crippen LogP contribution in [-0.4, -0.2) is 139 Å². The molecule has 10 saturated carbocycles. The third kappa shape index (κ3) is 20.4. The smallest absolute Gasteiger partial charge is 0.344 e. The van der Waals surface area contributed by atoms with Crippen LogP contribution >= 0.6 is 0 Å². The van der Waals surface area contributed by atoms with Crippen LogP contribution in [0.25, 0.3) is 0 Å². The molecule has 0 spiro atoms. The number of hydrogen-bond donors (Lipinski definition) is 0. The Morgan fingerprint density at radius 1 is 0.317 bits per heavy atom. The molecule has 10 fully saturated rings. The Bertz CT molecular complexity index is 2640. The average molecular weight is 1430 g/mol. The minimum atomic E-state index is -0.587. The van der Waals surface area contributed by atoms with Gasteiger partial charge in [-0.15, -0.1) is 0 Å². The SMILES string of the molecule is CCC(C)(C)C(=O)OC1(C(C)(C)COC)C2CC3CC(C2)CC1C3.CCC(C)(C)C(=O)OCC(=O)OC1(C(C)(C)COC)C2CC3CC(C2)CC1C3.CCC(C)(C)C(=O)OCC(=O)OC1(C(C)(C)COC)CCCCC1.CCC(C)(C)C(=O)OCCC(=O)OC1(C(C)(C)COC)CCCCC1. The molecular weight excluding hydrogens is 1280 g/mol. The molecule has 0 atom stereocenters. The van der Waals surface area contributed by atoms with Gasteiger partial charge in [0.05, 0.1) is 54.5 Å². The highest BCUT2D eigenvalue weighted by atomic mass is 16.6. The zero-order valence-electron chi connectivity index (χ0n) is 68.1. The Morgan fingerprint density at radius 3 is 0.891 bits per heavy atom. The second-order valence-electron chi connectivity index (χ2n) is 37.4. The molecule has 0 amide bonds. The number of rotatable bonds is 31. The van der Waals surface area contributed by atoms with E-state index in [1.807, 2.05) is 76.2 Å². The Hall–Kier alpha value is -3.87. The maximum Gasteiger partial charge on any atom is 0.344 e. The first kappa shape index (κ1) is 87.8. The van der Waals surface area contributed by atoms with Crippen LogP contribution in [-0.2, 0) is 85.7 Å². The highest BCUT2D eigenvalue weighted by molar-refractivity contribution is 5.81. The molecule has 0 N–H and O–H groups in total. The summed E-state index contributed by atoms with van der Waals surface area (Å²) in [6, 6.07) is 0. The normalized spacial score (nSPS) is 27.4. The number of hydrogen-bond acceptors (Lipinski definition) is 18. The van der Waals surface area contributed by atoms with Crippen LogP contribution in [0, 0.1) is 90.7 Å². The molecule has 101 heavy (non-hydrogen) atoms. The molecule has 0 heterocycles. The van der Waals surface area contributed by atoms with Crippen molar-refractivity contribution in [3.8, 4) is 0 Å². The first-order chi connectivity index (χ1) is 46.9. The first-order valence-corrected chi connectivity index (χ1v) is 39.3. The zero-order valence-corrected chi connectivity index (χ0v) is 68.1. The summed E-state index contributed by atoms with van der Waals surface area (Å²) in [4.78, 5) is 87.0. The Morgan fingerprint density at radius 2 is 0.584 bits per heavy atom. The van der Waals surface area contributed by atoms with E-state index in [0.29, 0.717) is 69.4 Å². The lowest BCUT2D eigenvalue weighted by atomic mass is 9.44. The molecule has 8 bridgehead atoms. The lowest BCUT2D eigenvalue weighted by molar-refractivity contribution is -0.259. The molecule has 0 saturated heterocycles. The number of esters is 7. The van der Waals surface area contributed by atoms with E-state index in [-0.39, 0.29) is 83.3 Å². The topological polar surface area (TPSA) is 221 Å². The monoisotopic (exact) mass is 1430 g/mol. The van der Waals surface area contributed by atoms with Gasteiger partial charge in [-0.05, 0) is 220 Å². The fourth-order valence-electron chi connectivity index (χ4n) is 19.3. The van der Waals surface area contributed by atoms with Gasteiger partial charge in [0, 0.05) is 73.8 Å². The summed E-state index contributed by atoms with van der Waals surface area (Å²) < 4.78 is 62.4. The zero-order chi connectivity index (χ0) is 76.1. The summed E-state index contributed by atoms with van der Waals surface area (Å²) in [7, 11) is 6.81. The lowest BCUT2D eigenvalue weighted by Gasteiger charge is -2.65. The molecule has 10 aliphatic carbocycles. The predicted molar refractivity (Wildman–Crippen MR) is 392 cm³/mol. The van der Waals surface area contributed by atoms with E-state index in [1.165, 1.54) is 44.9 Å². The van der Waals surface area contributed by atoms with E-state index in [1.54, 1.807) is 28.4 Å². The molecule has 584 valence electrons. The number of ether oxygens (including phenoxy) is 11. The Labute approximate surface area is 611 Å². The third-order valence-electron chi connectivity index (χ3n) is 26.7. The highest BCUT2D eigenvalue weighted by Crippen LogP contribution is 2.66. The number of methoxy groups -OCH3 is 4. The van der Waals surface area contributed by atoms with Crippen LogP contribution < -0.4 is 0 Å². The first-order valence-electron chi connectivity index (χ1n) is 39.3. The Balaban J connectivity index is 0.000000243. The van der Waals surface area contributed by atoms with Gasteiger partial charge in [0.1, 0.15) is 29.0 Å². The molecule has 0 aromatic rings. The highest BCUT2D eigenvalue weighted by Gasteiger charge is 2.68. The fourth-order valence-corrected chi connectivity index (χ4v) is 19.3. The molecule has 18 nitrogen and oxygen atoms in total. The molecule has 10 aliphatic rings. The van der Waals surface area contributed by atoms with Crippen molar-refractivity contribution in [3.05, 3.63) is 0 Å². The van der Waals surface area contributed by atoms with Crippen LogP contribution in [0.4, 0.5) is 0 Å². The van der Waals surface area contributed by atoms with Crippen molar-refractivity contribution >= 4 is 41.8 Å². The minimum Gasteiger partial charge on any atom is -0.465 e. The summed E-state index contributed by atoms with van der Waals surface area (Å²) in [6.07, 6.45) is 25.0. The van der Waals surface area contributed by atoms with E-state index in [2.05, 4.69) is 62.3 Å².